The quantitative estimate of drug-likeness (QED) is 0.716. The normalized spacial score (nSPS) is 11.8. The number of hydrogen-bond acceptors (Lipinski definition) is 2. The molecule has 0 saturated carbocycles. The molecule has 90 valence electrons. The fraction of sp³-hybridized carbons (Fsp3) is 0.111. The van der Waals surface area contributed by atoms with Gasteiger partial charge in [0.2, 0.25) is 0 Å². The van der Waals surface area contributed by atoms with E-state index in [-0.39, 0.29) is 10.8 Å². The van der Waals surface area contributed by atoms with Gasteiger partial charge < -0.3 is 0 Å². The van der Waals surface area contributed by atoms with Crippen LogP contribution in [-0.4, -0.2) is 14.8 Å². The van der Waals surface area contributed by atoms with Gasteiger partial charge in [0.15, 0.2) is 5.82 Å². The topological polar surface area (TPSA) is 30.7 Å². The highest BCUT2D eigenvalue weighted by atomic mass is 127. The fourth-order valence-electron chi connectivity index (χ4n) is 1.17. The van der Waals surface area contributed by atoms with Crippen LogP contribution in [0.4, 0.5) is 13.2 Å². The van der Waals surface area contributed by atoms with Crippen molar-refractivity contribution in [2.45, 2.75) is 6.18 Å². The number of alkyl halides is 3. The van der Waals surface area contributed by atoms with Crippen molar-refractivity contribution in [1.82, 2.24) is 14.8 Å². The molecule has 8 heteroatoms. The van der Waals surface area contributed by atoms with Gasteiger partial charge in [-0.1, -0.05) is 11.6 Å². The summed E-state index contributed by atoms with van der Waals surface area (Å²) in [6.45, 7) is 0. The molecule has 17 heavy (non-hydrogen) atoms. The molecule has 0 unspecified atom stereocenters. The lowest BCUT2D eigenvalue weighted by Gasteiger charge is -2.08. The fourth-order valence-corrected chi connectivity index (χ4v) is 1.81. The maximum atomic E-state index is 12.4. The summed E-state index contributed by atoms with van der Waals surface area (Å²) in [5, 5.41) is 3.82. The SMILES string of the molecule is FC(F)(F)c1cnc(-n2cc(I)cn2)c(Cl)c1. The molecule has 0 aliphatic heterocycles. The molecule has 2 rings (SSSR count). The molecule has 0 saturated heterocycles. The molecule has 0 aliphatic rings. The van der Waals surface area contributed by atoms with Crippen LogP contribution in [-0.2, 0) is 6.18 Å². The van der Waals surface area contributed by atoms with Crippen LogP contribution in [0.5, 0.6) is 0 Å². The highest BCUT2D eigenvalue weighted by Gasteiger charge is 2.31. The number of hydrogen-bond donors (Lipinski definition) is 0. The van der Waals surface area contributed by atoms with E-state index in [0.29, 0.717) is 0 Å². The van der Waals surface area contributed by atoms with E-state index in [9.17, 15) is 13.2 Å². The van der Waals surface area contributed by atoms with Crippen LogP contribution in [0.1, 0.15) is 5.56 Å². The Morgan fingerprint density at radius 1 is 1.29 bits per heavy atom. The average Bonchev–Trinajstić information content (AvgIpc) is 2.63. The predicted molar refractivity (Wildman–Crippen MR) is 64.1 cm³/mol. The van der Waals surface area contributed by atoms with Crippen molar-refractivity contribution in [3.63, 3.8) is 0 Å². The van der Waals surface area contributed by atoms with E-state index in [1.165, 1.54) is 4.68 Å². The third-order valence-corrected chi connectivity index (χ3v) is 2.75. The minimum Gasteiger partial charge on any atom is -0.235 e. The molecule has 3 nitrogen and oxygen atoms in total. The first kappa shape index (κ1) is 12.6. The molecule has 0 aromatic carbocycles. The third kappa shape index (κ3) is 2.71. The Bertz CT molecular complexity index is 553. The van der Waals surface area contributed by atoms with Crippen LogP contribution in [0.15, 0.2) is 24.7 Å². The molecule has 0 spiro atoms. The molecular weight excluding hydrogens is 369 g/mol. The van der Waals surface area contributed by atoms with Crippen LogP contribution in [0.3, 0.4) is 0 Å². The Morgan fingerprint density at radius 2 is 2.00 bits per heavy atom. The number of rotatable bonds is 1. The van der Waals surface area contributed by atoms with E-state index >= 15 is 0 Å². The maximum Gasteiger partial charge on any atom is 0.417 e. The summed E-state index contributed by atoms with van der Waals surface area (Å²) in [6, 6.07) is 0.832. The molecule has 2 aromatic rings. The van der Waals surface area contributed by atoms with Gasteiger partial charge in [-0.15, -0.1) is 0 Å². The van der Waals surface area contributed by atoms with Gasteiger partial charge in [-0.25, -0.2) is 9.67 Å². The second kappa shape index (κ2) is 4.45. The average molecular weight is 374 g/mol. The van der Waals surface area contributed by atoms with Gasteiger partial charge in [0.1, 0.15) is 0 Å². The number of nitrogens with zero attached hydrogens (tertiary/aromatic N) is 3. The monoisotopic (exact) mass is 373 g/mol. The minimum absolute atomic E-state index is 0.0978. The first-order valence-electron chi connectivity index (χ1n) is 4.31. The summed E-state index contributed by atoms with van der Waals surface area (Å²) < 4.78 is 39.3. The first-order chi connectivity index (χ1) is 7.88. The number of halogens is 5. The molecule has 0 fully saturated rings. The standard InChI is InChI=1S/C9H4ClF3IN3/c10-7-1-5(9(11,12)13)2-15-8(7)17-4-6(14)3-16-17/h1-4H. The van der Waals surface area contributed by atoms with Crippen LogP contribution in [0, 0.1) is 3.57 Å². The summed E-state index contributed by atoms with van der Waals surface area (Å²) in [6.07, 6.45) is -0.554. The van der Waals surface area contributed by atoms with E-state index in [0.717, 1.165) is 15.8 Å². The molecule has 0 aliphatic carbocycles. The van der Waals surface area contributed by atoms with Gasteiger partial charge >= 0.3 is 6.18 Å². The zero-order valence-electron chi connectivity index (χ0n) is 8.04. The summed E-state index contributed by atoms with van der Waals surface area (Å²) in [4.78, 5) is 3.67. The molecule has 2 aromatic heterocycles. The van der Waals surface area contributed by atoms with Crippen molar-refractivity contribution >= 4 is 34.2 Å². The van der Waals surface area contributed by atoms with Crippen LogP contribution >= 0.6 is 34.2 Å². The lowest BCUT2D eigenvalue weighted by Crippen LogP contribution is -2.07. The first-order valence-corrected chi connectivity index (χ1v) is 5.77. The van der Waals surface area contributed by atoms with Gasteiger partial charge in [-0.05, 0) is 28.7 Å². The largest absolute Gasteiger partial charge is 0.417 e. The van der Waals surface area contributed by atoms with Gasteiger partial charge in [-0.2, -0.15) is 18.3 Å². The summed E-state index contributed by atoms with van der Waals surface area (Å²) >= 11 is 7.78. The summed E-state index contributed by atoms with van der Waals surface area (Å²) in [5.74, 6) is 0.169. The molecule has 0 N–H and O–H groups in total. The summed E-state index contributed by atoms with van der Waals surface area (Å²) in [5.41, 5.74) is -0.881. The van der Waals surface area contributed by atoms with E-state index in [1.807, 2.05) is 22.6 Å². The highest BCUT2D eigenvalue weighted by molar-refractivity contribution is 14.1. The van der Waals surface area contributed by atoms with E-state index in [1.54, 1.807) is 12.4 Å². The third-order valence-electron chi connectivity index (χ3n) is 1.92. The Labute approximate surface area is 113 Å². The maximum absolute atomic E-state index is 12.4. The van der Waals surface area contributed by atoms with Crippen LogP contribution < -0.4 is 0 Å². The number of aromatic nitrogens is 3. The second-order valence-corrected chi connectivity index (χ2v) is 4.78. The van der Waals surface area contributed by atoms with Crippen molar-refractivity contribution in [2.75, 3.05) is 0 Å². The second-order valence-electron chi connectivity index (χ2n) is 3.13. The van der Waals surface area contributed by atoms with E-state index in [4.69, 9.17) is 11.6 Å². The Kier molecular flexibility index (Phi) is 3.30. The Balaban J connectivity index is 2.45. The van der Waals surface area contributed by atoms with Crippen molar-refractivity contribution in [3.05, 3.63) is 38.8 Å². The van der Waals surface area contributed by atoms with E-state index in [2.05, 4.69) is 10.1 Å². The number of pyridine rings is 1. The van der Waals surface area contributed by atoms with Crippen molar-refractivity contribution < 1.29 is 13.2 Å². The van der Waals surface area contributed by atoms with Gasteiger partial charge in [0.25, 0.3) is 0 Å². The zero-order valence-corrected chi connectivity index (χ0v) is 11.0. The lowest BCUT2D eigenvalue weighted by atomic mass is 10.3. The van der Waals surface area contributed by atoms with Crippen molar-refractivity contribution in [2.24, 2.45) is 0 Å². The molecule has 2 heterocycles. The van der Waals surface area contributed by atoms with Crippen LogP contribution in [0.25, 0.3) is 5.82 Å². The van der Waals surface area contributed by atoms with Gasteiger partial charge in [0, 0.05) is 12.4 Å². The molecule has 0 bridgehead atoms. The van der Waals surface area contributed by atoms with Crippen LogP contribution in [0.2, 0.25) is 5.02 Å². The van der Waals surface area contributed by atoms with Gasteiger partial charge in [0.05, 0.1) is 20.4 Å². The lowest BCUT2D eigenvalue weighted by molar-refractivity contribution is -0.137. The summed E-state index contributed by atoms with van der Waals surface area (Å²) in [7, 11) is 0. The van der Waals surface area contributed by atoms with Gasteiger partial charge in [-0.3, -0.25) is 0 Å². The molecule has 0 atom stereocenters. The predicted octanol–water partition coefficient (Wildman–Crippen LogP) is 3.54. The molecular formula is C9H4ClF3IN3. The zero-order chi connectivity index (χ0) is 12.6. The van der Waals surface area contributed by atoms with Crippen molar-refractivity contribution in [1.29, 1.82) is 0 Å². The Morgan fingerprint density at radius 3 is 2.47 bits per heavy atom. The van der Waals surface area contributed by atoms with E-state index < -0.39 is 11.7 Å². The molecule has 0 radical (unpaired) electrons. The Hall–Kier alpha value is -0.830. The smallest absolute Gasteiger partial charge is 0.235 e. The molecule has 0 amide bonds. The highest BCUT2D eigenvalue weighted by Crippen LogP contribution is 2.31. The van der Waals surface area contributed by atoms with Crippen molar-refractivity contribution in [3.8, 4) is 5.82 Å². The minimum atomic E-state index is -4.45.